The van der Waals surface area contributed by atoms with Crippen molar-refractivity contribution >= 4 is 10.0 Å². The van der Waals surface area contributed by atoms with E-state index in [1.54, 1.807) is 0 Å². The van der Waals surface area contributed by atoms with Crippen LogP contribution in [0.5, 0.6) is 0 Å². The van der Waals surface area contributed by atoms with Crippen LogP contribution in [0.1, 0.15) is 13.8 Å². The highest BCUT2D eigenvalue weighted by Crippen LogP contribution is 2.21. The van der Waals surface area contributed by atoms with Crippen molar-refractivity contribution in [1.29, 1.82) is 0 Å². The zero-order valence-corrected chi connectivity index (χ0v) is 7.38. The Morgan fingerprint density at radius 1 is 1.33 bits per heavy atom. The highest BCUT2D eigenvalue weighted by molar-refractivity contribution is 7.90. The molecule has 0 aliphatic carbocycles. The lowest BCUT2D eigenvalue weighted by atomic mass is 10.2. The molecule has 0 saturated carbocycles. The van der Waals surface area contributed by atoms with Gasteiger partial charge in [0.1, 0.15) is 0 Å². The maximum atomic E-state index is 11.6. The van der Waals surface area contributed by atoms with Crippen LogP contribution < -0.4 is 4.72 Å². The van der Waals surface area contributed by atoms with Crippen molar-refractivity contribution in [3.63, 3.8) is 0 Å². The van der Waals surface area contributed by atoms with Crippen LogP contribution in [0.4, 0.5) is 13.2 Å². The molecule has 1 N–H and O–H groups in total. The van der Waals surface area contributed by atoms with Gasteiger partial charge in [0, 0.05) is 6.54 Å². The first-order chi connectivity index (χ1) is 5.17. The van der Waals surface area contributed by atoms with Crippen molar-refractivity contribution < 1.29 is 21.6 Å². The molecule has 0 heterocycles. The highest BCUT2D eigenvalue weighted by atomic mass is 32.2. The summed E-state index contributed by atoms with van der Waals surface area (Å²) >= 11 is 0. The van der Waals surface area contributed by atoms with Crippen molar-refractivity contribution in [1.82, 2.24) is 4.72 Å². The zero-order chi connectivity index (χ0) is 9.99. The minimum Gasteiger partial charge on any atom is -0.207 e. The van der Waals surface area contributed by atoms with Crippen molar-refractivity contribution in [3.05, 3.63) is 5.92 Å². The van der Waals surface area contributed by atoms with E-state index >= 15 is 0 Å². The van der Waals surface area contributed by atoms with E-state index < -0.39 is 15.5 Å². The number of hydrogen-bond acceptors (Lipinski definition) is 2. The topological polar surface area (TPSA) is 46.2 Å². The minimum absolute atomic E-state index is 0.290. The quantitative estimate of drug-likeness (QED) is 0.746. The van der Waals surface area contributed by atoms with Gasteiger partial charge < -0.3 is 0 Å². The lowest BCUT2D eigenvalue weighted by Gasteiger charge is -2.10. The summed E-state index contributed by atoms with van der Waals surface area (Å²) in [4.78, 5) is 0. The van der Waals surface area contributed by atoms with Crippen LogP contribution in [0.25, 0.3) is 0 Å². The van der Waals surface area contributed by atoms with Crippen molar-refractivity contribution in [2.24, 2.45) is 0 Å². The number of rotatable bonds is 3. The van der Waals surface area contributed by atoms with E-state index in [9.17, 15) is 21.6 Å². The van der Waals surface area contributed by atoms with Crippen LogP contribution in [0.15, 0.2) is 0 Å². The third-order valence-electron chi connectivity index (χ3n) is 0.920. The van der Waals surface area contributed by atoms with Crippen LogP contribution >= 0.6 is 0 Å². The molecule has 0 aromatic rings. The summed E-state index contributed by atoms with van der Waals surface area (Å²) in [6.45, 7) is 2.76. The highest BCUT2D eigenvalue weighted by Gasteiger charge is 2.45. The van der Waals surface area contributed by atoms with Gasteiger partial charge in [-0.25, -0.2) is 13.1 Å². The summed E-state index contributed by atoms with van der Waals surface area (Å²) in [7, 11) is -5.16. The second kappa shape index (κ2) is 3.61. The van der Waals surface area contributed by atoms with Crippen LogP contribution in [-0.4, -0.2) is 20.5 Å². The first kappa shape index (κ1) is 11.7. The molecule has 0 aliphatic heterocycles. The average molecular weight is 204 g/mol. The molecular formula is C5H9F3NO2S. The SMILES string of the molecule is C[C](C)CNS(=O)(=O)C(F)(F)F. The Labute approximate surface area is 69.0 Å². The maximum Gasteiger partial charge on any atom is 0.511 e. The Morgan fingerprint density at radius 3 is 2.00 bits per heavy atom. The molecule has 73 valence electrons. The van der Waals surface area contributed by atoms with Crippen LogP contribution in [0.2, 0.25) is 0 Å². The molecule has 3 nitrogen and oxygen atoms in total. The molecule has 0 spiro atoms. The van der Waals surface area contributed by atoms with E-state index in [2.05, 4.69) is 0 Å². The minimum atomic E-state index is -5.22. The van der Waals surface area contributed by atoms with Gasteiger partial charge in [-0.05, 0) is 5.92 Å². The summed E-state index contributed by atoms with van der Waals surface area (Å²) in [5.74, 6) is 0.558. The zero-order valence-electron chi connectivity index (χ0n) is 6.57. The normalized spacial score (nSPS) is 13.8. The van der Waals surface area contributed by atoms with Crippen molar-refractivity contribution in [2.45, 2.75) is 19.4 Å². The Morgan fingerprint density at radius 2 is 1.75 bits per heavy atom. The summed E-state index contributed by atoms with van der Waals surface area (Å²) < 4.78 is 56.9. The molecule has 0 fully saturated rings. The Bertz CT molecular complexity index is 232. The van der Waals surface area contributed by atoms with Gasteiger partial charge in [0.15, 0.2) is 0 Å². The average Bonchev–Trinajstić information content (AvgIpc) is 1.81. The Hall–Kier alpha value is -0.300. The van der Waals surface area contributed by atoms with Crippen LogP contribution in [0.3, 0.4) is 0 Å². The summed E-state index contributed by atoms with van der Waals surface area (Å²) in [6.07, 6.45) is 0. The first-order valence-corrected chi connectivity index (χ1v) is 4.50. The molecule has 1 radical (unpaired) electrons. The molecule has 0 aliphatic rings. The lowest BCUT2D eigenvalue weighted by molar-refractivity contribution is -0.0447. The Balaban J connectivity index is 4.27. The number of sulfonamides is 1. The van der Waals surface area contributed by atoms with Gasteiger partial charge in [0.05, 0.1) is 0 Å². The van der Waals surface area contributed by atoms with Gasteiger partial charge in [0.25, 0.3) is 0 Å². The second-order valence-electron chi connectivity index (χ2n) is 2.48. The van der Waals surface area contributed by atoms with Gasteiger partial charge in [-0.1, -0.05) is 13.8 Å². The van der Waals surface area contributed by atoms with Gasteiger partial charge in [0.2, 0.25) is 0 Å². The van der Waals surface area contributed by atoms with Gasteiger partial charge in [-0.2, -0.15) is 13.2 Å². The fourth-order valence-corrected chi connectivity index (χ4v) is 0.964. The Kier molecular flexibility index (Phi) is 3.52. The standard InChI is InChI=1S/C5H9F3NO2S/c1-4(2)3-9-12(10,11)5(6,7)8/h9H,3H2,1-2H3. The maximum absolute atomic E-state index is 11.6. The number of hydrogen-bond donors (Lipinski definition) is 1. The molecule has 0 amide bonds. The molecular weight excluding hydrogens is 195 g/mol. The molecule has 0 atom stereocenters. The fourth-order valence-electron chi connectivity index (χ4n) is 0.321. The monoisotopic (exact) mass is 204 g/mol. The third-order valence-corrected chi connectivity index (χ3v) is 2.05. The number of alkyl halides is 3. The molecule has 0 bridgehead atoms. The first-order valence-electron chi connectivity index (χ1n) is 3.02. The summed E-state index contributed by atoms with van der Waals surface area (Å²) in [5.41, 5.74) is -5.22. The van der Waals surface area contributed by atoms with Crippen molar-refractivity contribution in [2.75, 3.05) is 6.54 Å². The summed E-state index contributed by atoms with van der Waals surface area (Å²) in [5, 5.41) is 0. The molecule has 12 heavy (non-hydrogen) atoms. The molecule has 0 unspecified atom stereocenters. The third kappa shape index (κ3) is 3.40. The predicted octanol–water partition coefficient (Wildman–Crippen LogP) is 1.04. The summed E-state index contributed by atoms with van der Waals surface area (Å²) in [6, 6.07) is 0. The number of nitrogens with one attached hydrogen (secondary N) is 1. The molecule has 0 aromatic heterocycles. The van der Waals surface area contributed by atoms with Crippen molar-refractivity contribution in [3.8, 4) is 0 Å². The van der Waals surface area contributed by atoms with E-state index in [-0.39, 0.29) is 6.54 Å². The fraction of sp³-hybridized carbons (Fsp3) is 0.800. The van der Waals surface area contributed by atoms with E-state index in [0.717, 1.165) is 0 Å². The van der Waals surface area contributed by atoms with Crippen LogP contribution in [0, 0.1) is 5.92 Å². The largest absolute Gasteiger partial charge is 0.511 e. The van der Waals surface area contributed by atoms with Gasteiger partial charge in [-0.15, -0.1) is 0 Å². The molecule has 7 heteroatoms. The second-order valence-corrected chi connectivity index (χ2v) is 4.24. The van der Waals surface area contributed by atoms with E-state index in [1.807, 2.05) is 0 Å². The van der Waals surface area contributed by atoms with E-state index in [4.69, 9.17) is 0 Å². The molecule has 0 aromatic carbocycles. The molecule has 0 saturated heterocycles. The van der Waals surface area contributed by atoms with E-state index in [0.29, 0.717) is 5.92 Å². The lowest BCUT2D eigenvalue weighted by Crippen LogP contribution is -2.37. The smallest absolute Gasteiger partial charge is 0.207 e. The van der Waals surface area contributed by atoms with Gasteiger partial charge >= 0.3 is 15.5 Å². The number of halogens is 3. The van der Waals surface area contributed by atoms with E-state index in [1.165, 1.54) is 18.6 Å². The molecule has 0 rings (SSSR count). The van der Waals surface area contributed by atoms with Gasteiger partial charge in [-0.3, -0.25) is 0 Å². The predicted molar refractivity (Wildman–Crippen MR) is 37.6 cm³/mol. The van der Waals surface area contributed by atoms with Crippen LogP contribution in [-0.2, 0) is 10.0 Å².